The Morgan fingerprint density at radius 1 is 1.21 bits per heavy atom. The highest BCUT2D eigenvalue weighted by Crippen LogP contribution is 2.31. The number of benzene rings is 1. The number of halogens is 1. The molecule has 0 spiro atoms. The third-order valence-corrected chi connectivity index (χ3v) is 4.92. The lowest BCUT2D eigenvalue weighted by Crippen LogP contribution is -2.44. The Labute approximate surface area is 169 Å². The SMILES string of the molecule is Cc1noc(C)c1COc1ccccc1-c1nc(C2CNCCN2C)no1.Cl. The molecule has 0 radical (unpaired) electrons. The molecule has 0 amide bonds. The van der Waals surface area contributed by atoms with Gasteiger partial charge in [-0.15, -0.1) is 12.4 Å². The summed E-state index contributed by atoms with van der Waals surface area (Å²) in [5.74, 6) is 2.58. The molecule has 1 saturated heterocycles. The Kier molecular flexibility index (Phi) is 6.33. The molecule has 0 bridgehead atoms. The van der Waals surface area contributed by atoms with E-state index in [-0.39, 0.29) is 18.4 Å². The first-order chi connectivity index (χ1) is 13.1. The van der Waals surface area contributed by atoms with Crippen molar-refractivity contribution in [1.82, 2.24) is 25.5 Å². The van der Waals surface area contributed by atoms with Crippen molar-refractivity contribution in [2.24, 2.45) is 0 Å². The zero-order valence-corrected chi connectivity index (χ0v) is 17.0. The van der Waals surface area contributed by atoms with Crippen LogP contribution in [-0.4, -0.2) is 46.9 Å². The number of hydrogen-bond acceptors (Lipinski definition) is 8. The normalized spacial score (nSPS) is 17.3. The second-order valence-corrected chi connectivity index (χ2v) is 6.75. The van der Waals surface area contributed by atoms with Crippen LogP contribution >= 0.6 is 12.4 Å². The van der Waals surface area contributed by atoms with E-state index >= 15 is 0 Å². The maximum atomic E-state index is 6.02. The minimum atomic E-state index is 0. The maximum absolute atomic E-state index is 6.02. The molecule has 3 aromatic rings. The van der Waals surface area contributed by atoms with Crippen LogP contribution in [0.3, 0.4) is 0 Å². The van der Waals surface area contributed by atoms with Crippen molar-refractivity contribution >= 4 is 12.4 Å². The van der Waals surface area contributed by atoms with Gasteiger partial charge in [-0.05, 0) is 33.0 Å². The van der Waals surface area contributed by atoms with Crippen molar-refractivity contribution in [2.75, 3.05) is 26.7 Å². The molecule has 1 N–H and O–H groups in total. The van der Waals surface area contributed by atoms with Crippen LogP contribution in [-0.2, 0) is 6.61 Å². The average molecular weight is 406 g/mol. The molecule has 9 heteroatoms. The van der Waals surface area contributed by atoms with E-state index in [0.717, 1.165) is 42.2 Å². The lowest BCUT2D eigenvalue weighted by Gasteiger charge is -2.30. The lowest BCUT2D eigenvalue weighted by atomic mass is 10.2. The van der Waals surface area contributed by atoms with Crippen LogP contribution in [0.15, 0.2) is 33.3 Å². The Hall–Kier alpha value is -2.42. The van der Waals surface area contributed by atoms with Gasteiger partial charge >= 0.3 is 0 Å². The van der Waals surface area contributed by atoms with Gasteiger partial charge in [0.05, 0.1) is 22.9 Å². The van der Waals surface area contributed by atoms with Gasteiger partial charge in [0.2, 0.25) is 0 Å². The fourth-order valence-corrected chi connectivity index (χ4v) is 3.20. The summed E-state index contributed by atoms with van der Waals surface area (Å²) in [5, 5.41) is 11.5. The standard InChI is InChI=1S/C19H23N5O3.ClH/c1-12-15(13(2)26-22-12)11-25-17-7-5-4-6-14(17)19-21-18(23-27-19)16-10-20-8-9-24(16)3;/h4-7,16,20H,8-11H2,1-3H3;1H. The second-order valence-electron chi connectivity index (χ2n) is 6.75. The molecule has 1 aliphatic rings. The molecule has 1 unspecified atom stereocenters. The highest BCUT2D eigenvalue weighted by Gasteiger charge is 2.26. The van der Waals surface area contributed by atoms with Gasteiger partial charge in [0, 0.05) is 19.6 Å². The molecule has 1 aliphatic heterocycles. The molecule has 1 fully saturated rings. The van der Waals surface area contributed by atoms with Gasteiger partial charge < -0.3 is 19.1 Å². The summed E-state index contributed by atoms with van der Waals surface area (Å²) in [4.78, 5) is 6.85. The summed E-state index contributed by atoms with van der Waals surface area (Å²) in [6, 6.07) is 7.76. The van der Waals surface area contributed by atoms with Crippen molar-refractivity contribution in [1.29, 1.82) is 0 Å². The topological polar surface area (TPSA) is 89.5 Å². The molecule has 0 saturated carbocycles. The molecular weight excluding hydrogens is 382 g/mol. The average Bonchev–Trinajstić information content (AvgIpc) is 3.28. The van der Waals surface area contributed by atoms with Gasteiger partial charge in [-0.1, -0.05) is 22.4 Å². The third-order valence-electron chi connectivity index (χ3n) is 4.92. The van der Waals surface area contributed by atoms with E-state index < -0.39 is 0 Å². The first-order valence-corrected chi connectivity index (χ1v) is 9.02. The number of aromatic nitrogens is 3. The first kappa shape index (κ1) is 20.3. The Bertz CT molecular complexity index is 906. The lowest BCUT2D eigenvalue weighted by molar-refractivity contribution is 0.190. The summed E-state index contributed by atoms with van der Waals surface area (Å²) in [7, 11) is 2.07. The van der Waals surface area contributed by atoms with Gasteiger partial charge in [-0.3, -0.25) is 4.90 Å². The molecule has 2 aromatic heterocycles. The van der Waals surface area contributed by atoms with Gasteiger partial charge in [-0.2, -0.15) is 4.98 Å². The third kappa shape index (κ3) is 4.04. The first-order valence-electron chi connectivity index (χ1n) is 9.02. The van der Waals surface area contributed by atoms with E-state index in [1.54, 1.807) is 0 Å². The largest absolute Gasteiger partial charge is 0.488 e. The van der Waals surface area contributed by atoms with Crippen LogP contribution in [0.5, 0.6) is 5.75 Å². The van der Waals surface area contributed by atoms with Crippen LogP contribution < -0.4 is 10.1 Å². The number of rotatable bonds is 5. The fourth-order valence-electron chi connectivity index (χ4n) is 3.20. The predicted molar refractivity (Wildman–Crippen MR) is 106 cm³/mol. The summed E-state index contributed by atoms with van der Waals surface area (Å²) in [6.07, 6.45) is 0. The van der Waals surface area contributed by atoms with Crippen LogP contribution in [0.1, 0.15) is 28.9 Å². The number of ether oxygens (including phenoxy) is 1. The summed E-state index contributed by atoms with van der Waals surface area (Å²) >= 11 is 0. The van der Waals surface area contributed by atoms with Crippen molar-refractivity contribution in [3.05, 3.63) is 47.1 Å². The quantitative estimate of drug-likeness (QED) is 0.693. The Morgan fingerprint density at radius 3 is 2.79 bits per heavy atom. The monoisotopic (exact) mass is 405 g/mol. The second kappa shape index (κ2) is 8.72. The zero-order chi connectivity index (χ0) is 18.8. The van der Waals surface area contributed by atoms with E-state index in [9.17, 15) is 0 Å². The fraction of sp³-hybridized carbons (Fsp3) is 0.421. The smallest absolute Gasteiger partial charge is 0.261 e. The molecular formula is C19H24ClN5O3. The number of nitrogens with one attached hydrogen (secondary N) is 1. The highest BCUT2D eigenvalue weighted by atomic mass is 35.5. The number of piperazine rings is 1. The zero-order valence-electron chi connectivity index (χ0n) is 16.1. The number of aryl methyl sites for hydroxylation is 2. The van der Waals surface area contributed by atoms with Crippen molar-refractivity contribution < 1.29 is 13.8 Å². The molecule has 1 aromatic carbocycles. The van der Waals surface area contributed by atoms with Crippen LogP contribution in [0.4, 0.5) is 0 Å². The number of hydrogen-bond donors (Lipinski definition) is 1. The molecule has 8 nitrogen and oxygen atoms in total. The minimum absolute atomic E-state index is 0. The van der Waals surface area contributed by atoms with Gasteiger partial charge in [0.25, 0.3) is 5.89 Å². The van der Waals surface area contributed by atoms with Crippen LogP contribution in [0.25, 0.3) is 11.5 Å². The molecule has 0 aliphatic carbocycles. The molecule has 28 heavy (non-hydrogen) atoms. The number of nitrogens with zero attached hydrogens (tertiary/aromatic N) is 4. The molecule has 150 valence electrons. The maximum Gasteiger partial charge on any atom is 0.261 e. The Balaban J connectivity index is 0.00000225. The van der Waals surface area contributed by atoms with E-state index in [4.69, 9.17) is 13.8 Å². The van der Waals surface area contributed by atoms with Gasteiger partial charge in [0.15, 0.2) is 5.82 Å². The van der Waals surface area contributed by atoms with E-state index in [1.807, 2.05) is 38.1 Å². The highest BCUT2D eigenvalue weighted by molar-refractivity contribution is 5.85. The summed E-state index contributed by atoms with van der Waals surface area (Å²) in [6.45, 7) is 6.87. The molecule has 4 rings (SSSR count). The van der Waals surface area contributed by atoms with Gasteiger partial charge in [-0.25, -0.2) is 0 Å². The molecule has 3 heterocycles. The minimum Gasteiger partial charge on any atom is -0.488 e. The van der Waals surface area contributed by atoms with E-state index in [1.165, 1.54) is 0 Å². The van der Waals surface area contributed by atoms with Crippen LogP contribution in [0, 0.1) is 13.8 Å². The van der Waals surface area contributed by atoms with Gasteiger partial charge in [0.1, 0.15) is 18.1 Å². The van der Waals surface area contributed by atoms with E-state index in [0.29, 0.717) is 24.1 Å². The number of likely N-dealkylation sites (N-methyl/N-ethyl adjacent to an activating group) is 1. The molecule has 1 atom stereocenters. The Morgan fingerprint density at radius 2 is 2.04 bits per heavy atom. The van der Waals surface area contributed by atoms with Crippen molar-refractivity contribution in [3.63, 3.8) is 0 Å². The van der Waals surface area contributed by atoms with Crippen molar-refractivity contribution in [3.8, 4) is 17.2 Å². The summed E-state index contributed by atoms with van der Waals surface area (Å²) in [5.41, 5.74) is 2.55. The number of para-hydroxylation sites is 1. The van der Waals surface area contributed by atoms with E-state index in [2.05, 4.69) is 32.6 Å². The summed E-state index contributed by atoms with van der Waals surface area (Å²) < 4.78 is 16.8. The van der Waals surface area contributed by atoms with Crippen LogP contribution in [0.2, 0.25) is 0 Å². The van der Waals surface area contributed by atoms with Crippen molar-refractivity contribution in [2.45, 2.75) is 26.5 Å². The predicted octanol–water partition coefficient (Wildman–Crippen LogP) is 2.92.